The van der Waals surface area contributed by atoms with Crippen molar-refractivity contribution in [2.24, 2.45) is 5.92 Å². The zero-order valence-corrected chi connectivity index (χ0v) is 9.60. The van der Waals surface area contributed by atoms with Crippen LogP contribution in [0.25, 0.3) is 0 Å². The van der Waals surface area contributed by atoms with Crippen molar-refractivity contribution in [3.8, 4) is 0 Å². The molecule has 14 heavy (non-hydrogen) atoms. The third kappa shape index (κ3) is 1.50. The smallest absolute Gasteiger partial charge is 0.143 e. The first-order chi connectivity index (χ1) is 6.59. The van der Waals surface area contributed by atoms with Crippen molar-refractivity contribution in [2.45, 2.75) is 33.2 Å². The zero-order valence-electron chi connectivity index (χ0n) is 8.84. The number of fused-ring (bicyclic) bond motifs is 1. The van der Waals surface area contributed by atoms with Gasteiger partial charge in [-0.2, -0.15) is 5.10 Å². The fourth-order valence-electron chi connectivity index (χ4n) is 1.76. The molecule has 1 aromatic rings. The standard InChI is InChI=1S/C10H16ClN3/c1-6(2)9-8(11)10-12-4-7(3)5-14(10)13-9/h6-7,12H,4-5H2,1-3H3. The van der Waals surface area contributed by atoms with Crippen LogP contribution in [0.5, 0.6) is 0 Å². The SMILES string of the molecule is CC1CNc2c(Cl)c(C(C)C)nn2C1. The van der Waals surface area contributed by atoms with Crippen molar-refractivity contribution in [3.05, 3.63) is 10.7 Å². The van der Waals surface area contributed by atoms with E-state index in [1.54, 1.807) is 0 Å². The normalized spacial score (nSPS) is 20.8. The summed E-state index contributed by atoms with van der Waals surface area (Å²) in [5.41, 5.74) is 1.00. The number of aromatic nitrogens is 2. The Bertz CT molecular complexity index is 343. The highest BCUT2D eigenvalue weighted by atomic mass is 35.5. The second-order valence-corrected chi connectivity index (χ2v) is 4.75. The van der Waals surface area contributed by atoms with Crippen molar-refractivity contribution in [2.75, 3.05) is 11.9 Å². The van der Waals surface area contributed by atoms with Crippen LogP contribution < -0.4 is 5.32 Å². The molecule has 1 unspecified atom stereocenters. The van der Waals surface area contributed by atoms with E-state index in [0.29, 0.717) is 11.8 Å². The van der Waals surface area contributed by atoms with E-state index in [1.807, 2.05) is 4.68 Å². The molecule has 1 aromatic heterocycles. The minimum atomic E-state index is 0.387. The van der Waals surface area contributed by atoms with Gasteiger partial charge < -0.3 is 5.32 Å². The fraction of sp³-hybridized carbons (Fsp3) is 0.700. The quantitative estimate of drug-likeness (QED) is 0.778. The fourth-order valence-corrected chi connectivity index (χ4v) is 2.18. The van der Waals surface area contributed by atoms with Crippen LogP contribution in [0.2, 0.25) is 5.02 Å². The summed E-state index contributed by atoms with van der Waals surface area (Å²) in [5, 5.41) is 8.64. The van der Waals surface area contributed by atoms with Crippen LogP contribution in [0.4, 0.5) is 5.82 Å². The first kappa shape index (κ1) is 9.84. The molecule has 1 aliphatic rings. The lowest BCUT2D eigenvalue weighted by atomic mass is 10.1. The van der Waals surface area contributed by atoms with Crippen LogP contribution >= 0.6 is 11.6 Å². The van der Waals surface area contributed by atoms with Gasteiger partial charge in [0.1, 0.15) is 10.8 Å². The molecular weight excluding hydrogens is 198 g/mol. The highest BCUT2D eigenvalue weighted by molar-refractivity contribution is 6.33. The number of hydrogen-bond acceptors (Lipinski definition) is 2. The van der Waals surface area contributed by atoms with Crippen molar-refractivity contribution >= 4 is 17.4 Å². The van der Waals surface area contributed by atoms with Crippen LogP contribution in [0, 0.1) is 5.92 Å². The van der Waals surface area contributed by atoms with Gasteiger partial charge in [0.25, 0.3) is 0 Å². The highest BCUT2D eigenvalue weighted by Gasteiger charge is 2.22. The molecule has 0 saturated heterocycles. The van der Waals surface area contributed by atoms with Gasteiger partial charge in [-0.25, -0.2) is 4.68 Å². The van der Waals surface area contributed by atoms with Crippen molar-refractivity contribution in [1.29, 1.82) is 0 Å². The van der Waals surface area contributed by atoms with Crippen LogP contribution in [-0.2, 0) is 6.54 Å². The van der Waals surface area contributed by atoms with E-state index in [9.17, 15) is 0 Å². The Labute approximate surface area is 89.4 Å². The van der Waals surface area contributed by atoms with Crippen LogP contribution in [0.1, 0.15) is 32.4 Å². The Balaban J connectivity index is 2.40. The average molecular weight is 214 g/mol. The summed E-state index contributed by atoms with van der Waals surface area (Å²) in [7, 11) is 0. The minimum Gasteiger partial charge on any atom is -0.369 e. The Morgan fingerprint density at radius 2 is 2.29 bits per heavy atom. The molecule has 0 fully saturated rings. The third-order valence-corrected chi connectivity index (χ3v) is 2.94. The molecule has 0 radical (unpaired) electrons. The monoisotopic (exact) mass is 213 g/mol. The van der Waals surface area contributed by atoms with Crippen molar-refractivity contribution < 1.29 is 0 Å². The summed E-state index contributed by atoms with van der Waals surface area (Å²) in [6.07, 6.45) is 0. The van der Waals surface area contributed by atoms with Gasteiger partial charge in [0.05, 0.1) is 5.69 Å². The molecule has 1 atom stereocenters. The molecule has 0 amide bonds. The summed E-state index contributed by atoms with van der Waals surface area (Å²) in [5.74, 6) is 2.00. The summed E-state index contributed by atoms with van der Waals surface area (Å²) in [6.45, 7) is 8.39. The van der Waals surface area contributed by atoms with Gasteiger partial charge in [0.15, 0.2) is 0 Å². The van der Waals surface area contributed by atoms with E-state index in [4.69, 9.17) is 11.6 Å². The van der Waals surface area contributed by atoms with Crippen molar-refractivity contribution in [3.63, 3.8) is 0 Å². The molecule has 0 saturated carbocycles. The molecule has 78 valence electrons. The van der Waals surface area contributed by atoms with Gasteiger partial charge in [-0.05, 0) is 11.8 Å². The molecule has 0 aliphatic carbocycles. The molecule has 4 heteroatoms. The number of anilines is 1. The van der Waals surface area contributed by atoms with Gasteiger partial charge >= 0.3 is 0 Å². The minimum absolute atomic E-state index is 0.387. The van der Waals surface area contributed by atoms with Crippen molar-refractivity contribution in [1.82, 2.24) is 9.78 Å². The highest BCUT2D eigenvalue weighted by Crippen LogP contribution is 2.33. The van der Waals surface area contributed by atoms with Gasteiger partial charge in [-0.15, -0.1) is 0 Å². The Hall–Kier alpha value is -0.700. The topological polar surface area (TPSA) is 29.9 Å². The van der Waals surface area contributed by atoms with Crippen LogP contribution in [-0.4, -0.2) is 16.3 Å². The van der Waals surface area contributed by atoms with Gasteiger partial charge in [0.2, 0.25) is 0 Å². The van der Waals surface area contributed by atoms with Crippen LogP contribution in [0.3, 0.4) is 0 Å². The number of rotatable bonds is 1. The van der Waals surface area contributed by atoms with Gasteiger partial charge in [-0.3, -0.25) is 0 Å². The molecule has 3 nitrogen and oxygen atoms in total. The molecule has 1 aliphatic heterocycles. The lowest BCUT2D eigenvalue weighted by Crippen LogP contribution is -2.25. The molecule has 0 aromatic carbocycles. The lowest BCUT2D eigenvalue weighted by molar-refractivity contribution is 0.441. The maximum atomic E-state index is 6.24. The number of nitrogens with one attached hydrogen (secondary N) is 1. The number of hydrogen-bond donors (Lipinski definition) is 1. The molecule has 0 bridgehead atoms. The summed E-state index contributed by atoms with van der Waals surface area (Å²) in [6, 6.07) is 0. The molecule has 1 N–H and O–H groups in total. The van der Waals surface area contributed by atoms with E-state index in [1.165, 1.54) is 0 Å². The van der Waals surface area contributed by atoms with Crippen LogP contribution in [0.15, 0.2) is 0 Å². The largest absolute Gasteiger partial charge is 0.369 e. The second-order valence-electron chi connectivity index (χ2n) is 4.37. The predicted molar refractivity (Wildman–Crippen MR) is 59.0 cm³/mol. The maximum Gasteiger partial charge on any atom is 0.143 e. The Morgan fingerprint density at radius 3 is 2.93 bits per heavy atom. The molecular formula is C10H16ClN3. The number of halogens is 1. The van der Waals surface area contributed by atoms with Gasteiger partial charge in [0, 0.05) is 13.1 Å². The first-order valence-electron chi connectivity index (χ1n) is 5.09. The number of nitrogens with zero attached hydrogens (tertiary/aromatic N) is 2. The summed E-state index contributed by atoms with van der Waals surface area (Å²) < 4.78 is 1.99. The summed E-state index contributed by atoms with van der Waals surface area (Å²) in [4.78, 5) is 0. The molecule has 2 rings (SSSR count). The van der Waals surface area contributed by atoms with Gasteiger partial charge in [-0.1, -0.05) is 32.4 Å². The van der Waals surface area contributed by atoms with E-state index in [2.05, 4.69) is 31.2 Å². The Kier molecular flexibility index (Phi) is 2.43. The van der Waals surface area contributed by atoms with E-state index in [-0.39, 0.29) is 0 Å². The van der Waals surface area contributed by atoms with E-state index >= 15 is 0 Å². The average Bonchev–Trinajstić information content (AvgIpc) is 2.43. The molecule has 2 heterocycles. The summed E-state index contributed by atoms with van der Waals surface area (Å²) >= 11 is 6.24. The molecule has 0 spiro atoms. The Morgan fingerprint density at radius 1 is 1.57 bits per heavy atom. The predicted octanol–water partition coefficient (Wildman–Crippen LogP) is 2.72. The van der Waals surface area contributed by atoms with E-state index < -0.39 is 0 Å². The maximum absolute atomic E-state index is 6.24. The zero-order chi connectivity index (χ0) is 10.3. The second kappa shape index (κ2) is 3.46. The lowest BCUT2D eigenvalue weighted by Gasteiger charge is -2.21. The van der Waals surface area contributed by atoms with E-state index in [0.717, 1.165) is 29.6 Å². The first-order valence-corrected chi connectivity index (χ1v) is 5.47. The third-order valence-electron chi connectivity index (χ3n) is 2.57.